The Morgan fingerprint density at radius 1 is 1.33 bits per heavy atom. The maximum absolute atomic E-state index is 13.6. The molecule has 0 aliphatic heterocycles. The third kappa shape index (κ3) is 2.88. The number of rotatable bonds is 2. The van der Waals surface area contributed by atoms with Crippen molar-refractivity contribution in [3.8, 4) is 5.75 Å². The zero-order chi connectivity index (χ0) is 13.3. The number of aromatic nitrogens is 1. The summed E-state index contributed by atoms with van der Waals surface area (Å²) in [5, 5.41) is 12.1. The van der Waals surface area contributed by atoms with Crippen molar-refractivity contribution in [2.75, 3.05) is 0 Å². The highest BCUT2D eigenvalue weighted by atomic mass is 32.1. The molecule has 0 aliphatic rings. The largest absolute Gasteiger partial charge is 0.508 e. The second kappa shape index (κ2) is 4.69. The highest BCUT2D eigenvalue weighted by Gasteiger charge is 2.17. The first-order valence-corrected chi connectivity index (χ1v) is 6.66. The van der Waals surface area contributed by atoms with E-state index < -0.39 is 0 Å². The fourth-order valence-electron chi connectivity index (χ4n) is 1.58. The van der Waals surface area contributed by atoms with E-state index in [-0.39, 0.29) is 17.0 Å². The Morgan fingerprint density at radius 3 is 2.61 bits per heavy atom. The molecular weight excluding hydrogens is 249 g/mol. The van der Waals surface area contributed by atoms with Gasteiger partial charge < -0.3 is 5.11 Å². The molecule has 0 bridgehead atoms. The first kappa shape index (κ1) is 13.0. The van der Waals surface area contributed by atoms with Gasteiger partial charge in [0.15, 0.2) is 0 Å². The van der Waals surface area contributed by atoms with Crippen LogP contribution in [0, 0.1) is 5.82 Å². The monoisotopic (exact) mass is 265 g/mol. The molecule has 1 heterocycles. The van der Waals surface area contributed by atoms with E-state index in [4.69, 9.17) is 5.11 Å². The van der Waals surface area contributed by atoms with Crippen LogP contribution in [0.5, 0.6) is 5.75 Å². The molecule has 96 valence electrons. The van der Waals surface area contributed by atoms with Crippen molar-refractivity contribution in [3.63, 3.8) is 0 Å². The summed E-state index contributed by atoms with van der Waals surface area (Å²) < 4.78 is 13.6. The van der Waals surface area contributed by atoms with Gasteiger partial charge in [-0.1, -0.05) is 26.8 Å². The molecule has 1 N–H and O–H groups in total. The van der Waals surface area contributed by atoms with Crippen LogP contribution in [0.4, 0.5) is 4.39 Å². The summed E-state index contributed by atoms with van der Waals surface area (Å²) in [5.74, 6) is -0.437. The SMILES string of the molecule is CC(C)(C)c1csc(Cc2ccc(O)cc2F)n1. The molecule has 0 unspecified atom stereocenters. The quantitative estimate of drug-likeness (QED) is 0.894. The summed E-state index contributed by atoms with van der Waals surface area (Å²) in [6, 6.07) is 4.23. The number of phenolic OH excluding ortho intramolecular Hbond substituents is 1. The van der Waals surface area contributed by atoms with Gasteiger partial charge in [-0.2, -0.15) is 0 Å². The number of hydrogen-bond acceptors (Lipinski definition) is 3. The lowest BCUT2D eigenvalue weighted by Crippen LogP contribution is -2.11. The number of hydrogen-bond donors (Lipinski definition) is 1. The van der Waals surface area contributed by atoms with Gasteiger partial charge in [0.25, 0.3) is 0 Å². The van der Waals surface area contributed by atoms with Crippen LogP contribution in [0.25, 0.3) is 0 Å². The van der Waals surface area contributed by atoms with Crippen molar-refractivity contribution in [1.82, 2.24) is 4.98 Å². The number of nitrogens with zero attached hydrogens (tertiary/aromatic N) is 1. The van der Waals surface area contributed by atoms with Gasteiger partial charge in [0.05, 0.1) is 10.7 Å². The molecule has 0 amide bonds. The summed E-state index contributed by atoms with van der Waals surface area (Å²) in [6.07, 6.45) is 0.465. The fourth-order valence-corrected chi connectivity index (χ4v) is 2.62. The fraction of sp³-hybridized carbons (Fsp3) is 0.357. The molecule has 4 heteroatoms. The Balaban J connectivity index is 2.21. The third-order valence-corrected chi connectivity index (χ3v) is 3.55. The molecule has 0 saturated heterocycles. The minimum absolute atomic E-state index is 0.0161. The zero-order valence-electron chi connectivity index (χ0n) is 10.7. The molecule has 1 aromatic carbocycles. The first-order valence-electron chi connectivity index (χ1n) is 5.78. The van der Waals surface area contributed by atoms with Crippen LogP contribution < -0.4 is 0 Å². The maximum Gasteiger partial charge on any atom is 0.130 e. The number of aromatic hydroxyl groups is 1. The van der Waals surface area contributed by atoms with Crippen molar-refractivity contribution in [1.29, 1.82) is 0 Å². The lowest BCUT2D eigenvalue weighted by atomic mass is 9.93. The molecule has 1 aromatic heterocycles. The molecule has 0 spiro atoms. The van der Waals surface area contributed by atoms with Crippen molar-refractivity contribution in [3.05, 3.63) is 45.7 Å². The van der Waals surface area contributed by atoms with Gasteiger partial charge >= 0.3 is 0 Å². The van der Waals surface area contributed by atoms with Gasteiger partial charge in [-0.15, -0.1) is 11.3 Å². The van der Waals surface area contributed by atoms with Gasteiger partial charge in [-0.3, -0.25) is 0 Å². The van der Waals surface area contributed by atoms with E-state index in [0.29, 0.717) is 12.0 Å². The van der Waals surface area contributed by atoms with Crippen molar-refractivity contribution in [2.24, 2.45) is 0 Å². The molecule has 0 radical (unpaired) electrons. The predicted molar refractivity (Wildman–Crippen MR) is 71.7 cm³/mol. The Labute approximate surface area is 110 Å². The van der Waals surface area contributed by atoms with E-state index in [1.54, 1.807) is 17.4 Å². The Hall–Kier alpha value is -1.42. The molecule has 2 nitrogen and oxygen atoms in total. The van der Waals surface area contributed by atoms with Gasteiger partial charge in [-0.25, -0.2) is 9.37 Å². The van der Waals surface area contributed by atoms with Gasteiger partial charge in [0, 0.05) is 23.3 Å². The van der Waals surface area contributed by atoms with Crippen LogP contribution in [-0.4, -0.2) is 10.1 Å². The average molecular weight is 265 g/mol. The Morgan fingerprint density at radius 2 is 2.06 bits per heavy atom. The van der Waals surface area contributed by atoms with Crippen LogP contribution >= 0.6 is 11.3 Å². The molecule has 2 rings (SSSR count). The van der Waals surface area contributed by atoms with Crippen LogP contribution in [0.3, 0.4) is 0 Å². The molecule has 18 heavy (non-hydrogen) atoms. The zero-order valence-corrected chi connectivity index (χ0v) is 11.5. The van der Waals surface area contributed by atoms with Crippen molar-refractivity contribution in [2.45, 2.75) is 32.6 Å². The van der Waals surface area contributed by atoms with Crippen molar-refractivity contribution < 1.29 is 9.50 Å². The van der Waals surface area contributed by atoms with E-state index in [1.807, 2.05) is 5.38 Å². The molecule has 2 aromatic rings. The van der Waals surface area contributed by atoms with E-state index in [0.717, 1.165) is 16.8 Å². The van der Waals surface area contributed by atoms with Crippen LogP contribution in [0.2, 0.25) is 0 Å². The topological polar surface area (TPSA) is 33.1 Å². The second-order valence-electron chi connectivity index (χ2n) is 5.33. The highest BCUT2D eigenvalue weighted by molar-refractivity contribution is 7.09. The Kier molecular flexibility index (Phi) is 3.39. The molecule has 0 fully saturated rings. The number of phenols is 1. The average Bonchev–Trinajstić information content (AvgIpc) is 2.70. The lowest BCUT2D eigenvalue weighted by Gasteiger charge is -2.14. The number of benzene rings is 1. The van der Waals surface area contributed by atoms with E-state index in [2.05, 4.69) is 25.8 Å². The van der Waals surface area contributed by atoms with Crippen LogP contribution in [-0.2, 0) is 11.8 Å². The van der Waals surface area contributed by atoms with Gasteiger partial charge in [0.2, 0.25) is 0 Å². The second-order valence-corrected chi connectivity index (χ2v) is 6.27. The van der Waals surface area contributed by atoms with E-state index in [1.165, 1.54) is 6.07 Å². The standard InChI is InChI=1S/C14H16FNOS/c1-14(2,3)12-8-18-13(16-12)6-9-4-5-10(17)7-11(9)15/h4-5,7-8,17H,6H2,1-3H3. The predicted octanol–water partition coefficient (Wildman–Crippen LogP) is 3.88. The van der Waals surface area contributed by atoms with Crippen molar-refractivity contribution >= 4 is 11.3 Å². The summed E-state index contributed by atoms with van der Waals surface area (Å²) in [4.78, 5) is 4.53. The summed E-state index contributed by atoms with van der Waals surface area (Å²) in [7, 11) is 0. The summed E-state index contributed by atoms with van der Waals surface area (Å²) in [5.41, 5.74) is 1.60. The molecule has 0 atom stereocenters. The Bertz CT molecular complexity index is 557. The van der Waals surface area contributed by atoms with Crippen LogP contribution in [0.15, 0.2) is 23.6 Å². The highest BCUT2D eigenvalue weighted by Crippen LogP contribution is 2.26. The third-order valence-electron chi connectivity index (χ3n) is 2.70. The molecule has 0 saturated carbocycles. The summed E-state index contributed by atoms with van der Waals surface area (Å²) >= 11 is 1.54. The normalized spacial score (nSPS) is 11.8. The van der Waals surface area contributed by atoms with Gasteiger partial charge in [-0.05, 0) is 11.6 Å². The minimum Gasteiger partial charge on any atom is -0.508 e. The van der Waals surface area contributed by atoms with E-state index >= 15 is 0 Å². The molecular formula is C14H16FNOS. The number of thiazole rings is 1. The first-order chi connectivity index (χ1) is 8.36. The maximum atomic E-state index is 13.6. The van der Waals surface area contributed by atoms with Gasteiger partial charge in [0.1, 0.15) is 11.6 Å². The minimum atomic E-state index is -0.387. The summed E-state index contributed by atoms with van der Waals surface area (Å²) in [6.45, 7) is 6.31. The number of halogens is 1. The lowest BCUT2D eigenvalue weighted by molar-refractivity contribution is 0.468. The smallest absolute Gasteiger partial charge is 0.130 e. The van der Waals surface area contributed by atoms with Crippen LogP contribution in [0.1, 0.15) is 37.0 Å². The van der Waals surface area contributed by atoms with E-state index in [9.17, 15) is 4.39 Å². The molecule has 0 aliphatic carbocycles.